The van der Waals surface area contributed by atoms with Crippen LogP contribution in [0, 0.1) is 0 Å². The third-order valence-electron chi connectivity index (χ3n) is 3.04. The fourth-order valence-electron chi connectivity index (χ4n) is 1.96. The van der Waals surface area contributed by atoms with E-state index < -0.39 is 0 Å². The average molecular weight is 278 g/mol. The van der Waals surface area contributed by atoms with E-state index in [1.54, 1.807) is 11.8 Å². The van der Waals surface area contributed by atoms with Gasteiger partial charge in [0.15, 0.2) is 10.8 Å². The number of rotatable bonds is 8. The van der Waals surface area contributed by atoms with E-state index in [4.69, 9.17) is 0 Å². The molecule has 4 nitrogen and oxygen atoms in total. The summed E-state index contributed by atoms with van der Waals surface area (Å²) in [4.78, 5) is 0. The van der Waals surface area contributed by atoms with Gasteiger partial charge in [-0.3, -0.25) is 4.40 Å². The van der Waals surface area contributed by atoms with Crippen LogP contribution >= 0.6 is 11.8 Å². The summed E-state index contributed by atoms with van der Waals surface area (Å²) in [6.07, 6.45) is 5.63. The number of hydrogen-bond acceptors (Lipinski definition) is 4. The lowest BCUT2D eigenvalue weighted by Crippen LogP contribution is -2.26. The van der Waals surface area contributed by atoms with E-state index in [0.717, 1.165) is 23.1 Å². The predicted octanol–water partition coefficient (Wildman–Crippen LogP) is 2.99. The van der Waals surface area contributed by atoms with E-state index in [1.807, 2.05) is 28.8 Å². The molecule has 0 saturated carbocycles. The first kappa shape index (κ1) is 14.3. The van der Waals surface area contributed by atoms with E-state index in [2.05, 4.69) is 29.4 Å². The number of hydrogen-bond donors (Lipinski definition) is 1. The molecule has 0 bridgehead atoms. The summed E-state index contributed by atoms with van der Waals surface area (Å²) in [5.41, 5.74) is 0.919. The molecule has 1 N–H and O–H groups in total. The molecule has 0 aliphatic heterocycles. The molecule has 0 saturated heterocycles. The maximum atomic E-state index is 4.22. The van der Waals surface area contributed by atoms with Gasteiger partial charge in [0, 0.05) is 18.0 Å². The van der Waals surface area contributed by atoms with Gasteiger partial charge in [-0.2, -0.15) is 0 Å². The van der Waals surface area contributed by atoms with Crippen molar-refractivity contribution in [3.63, 3.8) is 0 Å². The van der Waals surface area contributed by atoms with Crippen molar-refractivity contribution in [2.24, 2.45) is 0 Å². The van der Waals surface area contributed by atoms with Crippen molar-refractivity contribution in [2.45, 2.75) is 44.3 Å². The van der Waals surface area contributed by atoms with Crippen molar-refractivity contribution in [3.05, 3.63) is 24.4 Å². The van der Waals surface area contributed by atoms with E-state index in [1.165, 1.54) is 19.3 Å². The van der Waals surface area contributed by atoms with E-state index >= 15 is 0 Å². The Hall–Kier alpha value is -1.07. The summed E-state index contributed by atoms with van der Waals surface area (Å²) >= 11 is 1.78. The van der Waals surface area contributed by atoms with Crippen LogP contribution in [0.2, 0.25) is 0 Å². The van der Waals surface area contributed by atoms with Gasteiger partial charge in [0.2, 0.25) is 0 Å². The second-order valence-electron chi connectivity index (χ2n) is 4.76. The minimum atomic E-state index is 0.607. The van der Waals surface area contributed by atoms with Gasteiger partial charge >= 0.3 is 0 Å². The summed E-state index contributed by atoms with van der Waals surface area (Å²) in [6.45, 7) is 5.57. The van der Waals surface area contributed by atoms with Crippen LogP contribution < -0.4 is 5.32 Å². The molecule has 0 aromatic carbocycles. The van der Waals surface area contributed by atoms with Crippen molar-refractivity contribution >= 4 is 17.4 Å². The van der Waals surface area contributed by atoms with Crippen LogP contribution in [0.15, 0.2) is 29.6 Å². The van der Waals surface area contributed by atoms with Gasteiger partial charge in [0.05, 0.1) is 0 Å². The lowest BCUT2D eigenvalue weighted by Gasteiger charge is -2.12. The highest BCUT2D eigenvalue weighted by atomic mass is 32.2. The average Bonchev–Trinajstić information content (AvgIpc) is 2.85. The van der Waals surface area contributed by atoms with Gasteiger partial charge in [0.1, 0.15) is 0 Å². The van der Waals surface area contributed by atoms with Crippen LogP contribution in [0.4, 0.5) is 0 Å². The monoisotopic (exact) mass is 278 g/mol. The van der Waals surface area contributed by atoms with Gasteiger partial charge in [-0.15, -0.1) is 10.2 Å². The lowest BCUT2D eigenvalue weighted by molar-refractivity contribution is 0.510. The Kier molecular flexibility index (Phi) is 5.66. The molecule has 0 aliphatic carbocycles. The zero-order valence-electron chi connectivity index (χ0n) is 11.7. The smallest absolute Gasteiger partial charge is 0.195 e. The molecule has 0 spiro atoms. The van der Waals surface area contributed by atoms with Crippen LogP contribution in [-0.4, -0.2) is 32.9 Å². The predicted molar refractivity (Wildman–Crippen MR) is 80.7 cm³/mol. The fourth-order valence-corrected chi connectivity index (χ4v) is 2.85. The van der Waals surface area contributed by atoms with Crippen molar-refractivity contribution in [2.75, 3.05) is 12.3 Å². The van der Waals surface area contributed by atoms with Crippen molar-refractivity contribution < 1.29 is 0 Å². The van der Waals surface area contributed by atoms with Gasteiger partial charge in [0.25, 0.3) is 0 Å². The molecule has 104 valence electrons. The highest BCUT2D eigenvalue weighted by Gasteiger charge is 2.05. The Bertz CT molecular complexity index is 497. The largest absolute Gasteiger partial charge is 0.314 e. The number of thioether (sulfide) groups is 1. The summed E-state index contributed by atoms with van der Waals surface area (Å²) in [7, 11) is 0. The molecule has 0 radical (unpaired) electrons. The van der Waals surface area contributed by atoms with Gasteiger partial charge in [-0.25, -0.2) is 0 Å². The van der Waals surface area contributed by atoms with E-state index in [-0.39, 0.29) is 0 Å². The number of nitrogens with one attached hydrogen (secondary N) is 1. The highest BCUT2D eigenvalue weighted by Crippen LogP contribution is 2.18. The molecule has 0 amide bonds. The quantitative estimate of drug-likeness (QED) is 0.595. The lowest BCUT2D eigenvalue weighted by atomic mass is 10.2. The molecular formula is C14H22N4S. The summed E-state index contributed by atoms with van der Waals surface area (Å²) in [5, 5.41) is 12.9. The molecule has 2 heterocycles. The Labute approximate surface area is 119 Å². The van der Waals surface area contributed by atoms with E-state index in [0.29, 0.717) is 6.04 Å². The molecule has 2 aromatic heterocycles. The first-order valence-corrected chi connectivity index (χ1v) is 7.95. The highest BCUT2D eigenvalue weighted by molar-refractivity contribution is 7.99. The second-order valence-corrected chi connectivity index (χ2v) is 5.82. The third kappa shape index (κ3) is 4.21. The molecule has 1 unspecified atom stereocenters. The van der Waals surface area contributed by atoms with Crippen molar-refractivity contribution in [3.8, 4) is 0 Å². The summed E-state index contributed by atoms with van der Waals surface area (Å²) in [5.74, 6) is 1.09. The Morgan fingerprint density at radius 3 is 3.11 bits per heavy atom. The molecule has 5 heteroatoms. The minimum Gasteiger partial charge on any atom is -0.314 e. The molecule has 1 atom stereocenters. The van der Waals surface area contributed by atoms with Gasteiger partial charge in [-0.05, 0) is 44.9 Å². The number of fused-ring (bicyclic) bond motifs is 1. The zero-order valence-corrected chi connectivity index (χ0v) is 12.5. The van der Waals surface area contributed by atoms with Crippen molar-refractivity contribution in [1.82, 2.24) is 19.9 Å². The van der Waals surface area contributed by atoms with Gasteiger partial charge < -0.3 is 5.32 Å². The molecule has 0 fully saturated rings. The molecule has 2 aromatic rings. The Morgan fingerprint density at radius 1 is 1.37 bits per heavy atom. The van der Waals surface area contributed by atoms with E-state index in [9.17, 15) is 0 Å². The molecular weight excluding hydrogens is 256 g/mol. The number of pyridine rings is 1. The Balaban J connectivity index is 1.74. The SMILES string of the molecule is CCCNC(C)CCCSc1nnc2ccccn12. The number of aromatic nitrogens is 3. The molecule has 19 heavy (non-hydrogen) atoms. The first-order chi connectivity index (χ1) is 9.31. The minimum absolute atomic E-state index is 0.607. The summed E-state index contributed by atoms with van der Waals surface area (Å²) in [6, 6.07) is 6.58. The zero-order chi connectivity index (χ0) is 13.5. The van der Waals surface area contributed by atoms with Gasteiger partial charge in [-0.1, -0.05) is 24.8 Å². The van der Waals surface area contributed by atoms with Crippen LogP contribution in [0.1, 0.15) is 33.1 Å². The maximum absolute atomic E-state index is 4.22. The maximum Gasteiger partial charge on any atom is 0.195 e. The normalized spacial score (nSPS) is 12.9. The molecule has 2 rings (SSSR count). The third-order valence-corrected chi connectivity index (χ3v) is 4.07. The topological polar surface area (TPSA) is 42.2 Å². The van der Waals surface area contributed by atoms with Crippen LogP contribution in [0.3, 0.4) is 0 Å². The summed E-state index contributed by atoms with van der Waals surface area (Å²) < 4.78 is 2.05. The van der Waals surface area contributed by atoms with Crippen LogP contribution in [0.25, 0.3) is 5.65 Å². The number of nitrogens with zero attached hydrogens (tertiary/aromatic N) is 3. The van der Waals surface area contributed by atoms with Crippen LogP contribution in [-0.2, 0) is 0 Å². The van der Waals surface area contributed by atoms with Crippen LogP contribution in [0.5, 0.6) is 0 Å². The molecule has 0 aliphatic rings. The first-order valence-electron chi connectivity index (χ1n) is 6.97. The van der Waals surface area contributed by atoms with Crippen molar-refractivity contribution in [1.29, 1.82) is 0 Å². The standard InChI is InChI=1S/C14H22N4S/c1-3-9-15-12(2)7-6-11-19-14-17-16-13-8-4-5-10-18(13)14/h4-5,8,10,12,15H,3,6-7,9,11H2,1-2H3. The Morgan fingerprint density at radius 2 is 2.26 bits per heavy atom. The second kappa shape index (κ2) is 7.50. The fraction of sp³-hybridized carbons (Fsp3) is 0.571.